The van der Waals surface area contributed by atoms with Crippen LogP contribution in [-0.2, 0) is 0 Å². The van der Waals surface area contributed by atoms with Gasteiger partial charge in [-0.15, -0.1) is 5.10 Å². The number of benzene rings is 1. The van der Waals surface area contributed by atoms with Gasteiger partial charge in [0.2, 0.25) is 0 Å². The number of halogens is 1. The van der Waals surface area contributed by atoms with E-state index >= 15 is 0 Å². The number of nitrogens with zero attached hydrogens (tertiary/aromatic N) is 4. The van der Waals surface area contributed by atoms with E-state index in [1.807, 2.05) is 0 Å². The first-order valence-electron chi connectivity index (χ1n) is 7.22. The molecule has 0 amide bonds. The van der Waals surface area contributed by atoms with Gasteiger partial charge in [-0.25, -0.2) is 14.6 Å². The van der Waals surface area contributed by atoms with Crippen LogP contribution in [0.2, 0.25) is 5.02 Å². The zero-order valence-corrected chi connectivity index (χ0v) is 12.8. The van der Waals surface area contributed by atoms with Gasteiger partial charge < -0.3 is 15.6 Å². The SMILES string of the molecule is Nc1ncnc2c1c(Oc1cccc(Cl)c1)nn2C1CC(O)C1. The van der Waals surface area contributed by atoms with E-state index in [0.29, 0.717) is 46.3 Å². The number of aromatic nitrogens is 4. The van der Waals surface area contributed by atoms with E-state index in [2.05, 4.69) is 15.1 Å². The van der Waals surface area contributed by atoms with E-state index in [0.717, 1.165) is 0 Å². The number of fused-ring (bicyclic) bond motifs is 1. The highest BCUT2D eigenvalue weighted by molar-refractivity contribution is 6.30. The predicted molar refractivity (Wildman–Crippen MR) is 85.5 cm³/mol. The lowest BCUT2D eigenvalue weighted by Gasteiger charge is -2.31. The van der Waals surface area contributed by atoms with Crippen molar-refractivity contribution in [2.75, 3.05) is 5.73 Å². The second-order valence-corrected chi connectivity index (χ2v) is 5.98. The summed E-state index contributed by atoms with van der Waals surface area (Å²) in [5.74, 6) is 1.20. The molecule has 118 valence electrons. The van der Waals surface area contributed by atoms with E-state index in [-0.39, 0.29) is 12.1 Å². The molecule has 0 spiro atoms. The van der Waals surface area contributed by atoms with Gasteiger partial charge in [-0.2, -0.15) is 0 Å². The lowest BCUT2D eigenvalue weighted by atomic mass is 9.90. The summed E-state index contributed by atoms with van der Waals surface area (Å²) in [6.07, 6.45) is 2.37. The highest BCUT2D eigenvalue weighted by Gasteiger charge is 2.32. The van der Waals surface area contributed by atoms with Gasteiger partial charge in [0.1, 0.15) is 23.3 Å². The van der Waals surface area contributed by atoms with Crippen molar-refractivity contribution in [2.45, 2.75) is 25.0 Å². The van der Waals surface area contributed by atoms with Crippen molar-refractivity contribution >= 4 is 28.5 Å². The van der Waals surface area contributed by atoms with E-state index in [1.165, 1.54) is 6.33 Å². The molecule has 3 N–H and O–H groups in total. The van der Waals surface area contributed by atoms with Crippen LogP contribution in [0.25, 0.3) is 11.0 Å². The molecule has 1 aliphatic rings. The van der Waals surface area contributed by atoms with Crippen LogP contribution in [0, 0.1) is 0 Å². The first-order chi connectivity index (χ1) is 11.1. The topological polar surface area (TPSA) is 99.1 Å². The summed E-state index contributed by atoms with van der Waals surface area (Å²) in [4.78, 5) is 8.29. The average Bonchev–Trinajstić information content (AvgIpc) is 2.84. The Labute approximate surface area is 136 Å². The summed E-state index contributed by atoms with van der Waals surface area (Å²) >= 11 is 5.98. The van der Waals surface area contributed by atoms with Crippen LogP contribution in [0.3, 0.4) is 0 Å². The Balaban J connectivity index is 1.79. The third kappa shape index (κ3) is 2.47. The number of aliphatic hydroxyl groups excluding tert-OH is 1. The van der Waals surface area contributed by atoms with Gasteiger partial charge in [0.25, 0.3) is 5.88 Å². The van der Waals surface area contributed by atoms with Gasteiger partial charge in [-0.3, -0.25) is 0 Å². The molecule has 1 saturated carbocycles. The lowest BCUT2D eigenvalue weighted by molar-refractivity contribution is 0.0447. The smallest absolute Gasteiger partial charge is 0.251 e. The molecule has 0 bridgehead atoms. The first-order valence-corrected chi connectivity index (χ1v) is 7.60. The first kappa shape index (κ1) is 14.2. The number of nitrogens with two attached hydrogens (primary N) is 1. The number of nitrogen functional groups attached to an aromatic ring is 1. The molecule has 23 heavy (non-hydrogen) atoms. The number of ether oxygens (including phenoxy) is 1. The molecule has 1 fully saturated rings. The molecule has 0 radical (unpaired) electrons. The summed E-state index contributed by atoms with van der Waals surface area (Å²) in [6, 6.07) is 7.11. The van der Waals surface area contributed by atoms with Crippen LogP contribution < -0.4 is 10.5 Å². The molecule has 0 atom stereocenters. The monoisotopic (exact) mass is 331 g/mol. The van der Waals surface area contributed by atoms with Crippen LogP contribution in [0.15, 0.2) is 30.6 Å². The molecule has 7 nitrogen and oxygen atoms in total. The minimum absolute atomic E-state index is 0.0820. The Kier molecular flexibility index (Phi) is 3.32. The molecular formula is C15H14ClN5O2. The third-order valence-electron chi connectivity index (χ3n) is 3.93. The Bertz CT molecular complexity index is 875. The van der Waals surface area contributed by atoms with Crippen LogP contribution in [-0.4, -0.2) is 31.0 Å². The van der Waals surface area contributed by atoms with Crippen molar-refractivity contribution < 1.29 is 9.84 Å². The third-order valence-corrected chi connectivity index (χ3v) is 4.17. The summed E-state index contributed by atoms with van der Waals surface area (Å²) in [6.45, 7) is 0. The molecule has 4 rings (SSSR count). The number of hydrogen-bond acceptors (Lipinski definition) is 6. The van der Waals surface area contributed by atoms with Gasteiger partial charge in [0.15, 0.2) is 5.65 Å². The quantitative estimate of drug-likeness (QED) is 0.765. The molecule has 8 heteroatoms. The zero-order valence-electron chi connectivity index (χ0n) is 12.1. The molecular weight excluding hydrogens is 318 g/mol. The molecule has 2 heterocycles. The van der Waals surface area contributed by atoms with Crippen LogP contribution in [0.5, 0.6) is 11.6 Å². The van der Waals surface area contributed by atoms with Crippen molar-refractivity contribution in [1.82, 2.24) is 19.7 Å². The Hall–Kier alpha value is -2.38. The molecule has 2 aromatic heterocycles. The molecule has 1 aromatic carbocycles. The number of anilines is 1. The normalized spacial score (nSPS) is 20.4. The van der Waals surface area contributed by atoms with Gasteiger partial charge in [0.05, 0.1) is 12.1 Å². The van der Waals surface area contributed by atoms with Gasteiger partial charge >= 0.3 is 0 Å². The highest BCUT2D eigenvalue weighted by Crippen LogP contribution is 2.38. The number of rotatable bonds is 3. The summed E-state index contributed by atoms with van der Waals surface area (Å²) < 4.78 is 7.59. The van der Waals surface area contributed by atoms with E-state index in [1.54, 1.807) is 28.9 Å². The zero-order chi connectivity index (χ0) is 16.0. The maximum Gasteiger partial charge on any atom is 0.251 e. The molecule has 3 aromatic rings. The van der Waals surface area contributed by atoms with Gasteiger partial charge in [-0.05, 0) is 31.0 Å². The van der Waals surface area contributed by atoms with Crippen LogP contribution in [0.1, 0.15) is 18.9 Å². The standard InChI is InChI=1S/C15H14ClN5O2/c16-8-2-1-3-11(4-8)23-15-12-13(17)18-7-19-14(12)21(20-15)9-5-10(22)6-9/h1-4,7,9-10,22H,5-6H2,(H2,17,18,19). The Morgan fingerprint density at radius 3 is 2.87 bits per heavy atom. The van der Waals surface area contributed by atoms with Crippen molar-refractivity contribution in [3.8, 4) is 11.6 Å². The molecule has 0 aliphatic heterocycles. The Morgan fingerprint density at radius 1 is 1.30 bits per heavy atom. The maximum atomic E-state index is 9.53. The maximum absolute atomic E-state index is 9.53. The number of hydrogen-bond donors (Lipinski definition) is 2. The minimum Gasteiger partial charge on any atom is -0.437 e. The second kappa shape index (κ2) is 5.36. The fourth-order valence-corrected chi connectivity index (χ4v) is 2.87. The van der Waals surface area contributed by atoms with Crippen molar-refractivity contribution in [1.29, 1.82) is 0 Å². The highest BCUT2D eigenvalue weighted by atomic mass is 35.5. The lowest BCUT2D eigenvalue weighted by Crippen LogP contribution is -2.31. The van der Waals surface area contributed by atoms with Crippen molar-refractivity contribution in [2.24, 2.45) is 0 Å². The summed E-state index contributed by atoms with van der Waals surface area (Å²) in [7, 11) is 0. The summed E-state index contributed by atoms with van der Waals surface area (Å²) in [5.41, 5.74) is 6.58. The van der Waals surface area contributed by atoms with Crippen molar-refractivity contribution in [3.63, 3.8) is 0 Å². The summed E-state index contributed by atoms with van der Waals surface area (Å²) in [5, 5.41) is 15.2. The van der Waals surface area contributed by atoms with E-state index in [4.69, 9.17) is 22.1 Å². The van der Waals surface area contributed by atoms with Crippen LogP contribution >= 0.6 is 11.6 Å². The largest absolute Gasteiger partial charge is 0.437 e. The Morgan fingerprint density at radius 2 is 2.13 bits per heavy atom. The minimum atomic E-state index is -0.296. The predicted octanol–water partition coefficient (Wildman–Crippen LogP) is 2.55. The van der Waals surface area contributed by atoms with Crippen molar-refractivity contribution in [3.05, 3.63) is 35.6 Å². The van der Waals surface area contributed by atoms with E-state index in [9.17, 15) is 5.11 Å². The van der Waals surface area contributed by atoms with E-state index < -0.39 is 0 Å². The second-order valence-electron chi connectivity index (χ2n) is 5.55. The van der Waals surface area contributed by atoms with Gasteiger partial charge in [0, 0.05) is 5.02 Å². The fourth-order valence-electron chi connectivity index (χ4n) is 2.69. The molecule has 0 saturated heterocycles. The molecule has 0 unspecified atom stereocenters. The molecule has 1 aliphatic carbocycles. The number of aliphatic hydroxyl groups is 1. The average molecular weight is 332 g/mol. The van der Waals surface area contributed by atoms with Gasteiger partial charge in [-0.1, -0.05) is 17.7 Å². The van der Waals surface area contributed by atoms with Crippen LogP contribution in [0.4, 0.5) is 5.82 Å². The fraction of sp³-hybridized carbons (Fsp3) is 0.267.